The quantitative estimate of drug-likeness (QED) is 0.456. The number of hydrogen-bond acceptors (Lipinski definition) is 1. The van der Waals surface area contributed by atoms with E-state index < -0.39 is 8.07 Å². The lowest BCUT2D eigenvalue weighted by Gasteiger charge is -2.42. The van der Waals surface area contributed by atoms with Crippen molar-refractivity contribution in [3.63, 3.8) is 0 Å². The summed E-state index contributed by atoms with van der Waals surface area (Å²) in [5.41, 5.74) is 9.31. The lowest BCUT2D eigenvalue weighted by molar-refractivity contribution is 0.408. The fourth-order valence-electron chi connectivity index (χ4n) is 5.38. The van der Waals surface area contributed by atoms with Gasteiger partial charge in [0.05, 0.1) is 8.07 Å². The zero-order valence-electron chi connectivity index (χ0n) is 19.1. The van der Waals surface area contributed by atoms with Crippen molar-refractivity contribution in [2.24, 2.45) is 0 Å². The van der Waals surface area contributed by atoms with Gasteiger partial charge in [0.2, 0.25) is 0 Å². The second kappa shape index (κ2) is 8.35. The molecule has 2 heteroatoms. The average Bonchev–Trinajstić information content (AvgIpc) is 2.66. The minimum absolute atomic E-state index is 0.143. The van der Waals surface area contributed by atoms with Crippen LogP contribution in [0, 0.1) is 6.92 Å². The fraction of sp³-hybridized carbons (Fsp3) is 0.407. The van der Waals surface area contributed by atoms with Gasteiger partial charge in [0.25, 0.3) is 0 Å². The van der Waals surface area contributed by atoms with Crippen LogP contribution in [0.15, 0.2) is 72.1 Å². The molecule has 154 valence electrons. The van der Waals surface area contributed by atoms with Crippen LogP contribution >= 0.6 is 0 Å². The molecule has 29 heavy (non-hydrogen) atoms. The lowest BCUT2D eigenvalue weighted by Crippen LogP contribution is -2.43. The minimum atomic E-state index is -1.77. The summed E-state index contributed by atoms with van der Waals surface area (Å²) in [5, 5.41) is 0. The van der Waals surface area contributed by atoms with Gasteiger partial charge < -0.3 is 4.74 Å². The van der Waals surface area contributed by atoms with E-state index in [9.17, 15) is 0 Å². The van der Waals surface area contributed by atoms with Crippen molar-refractivity contribution in [3.05, 3.63) is 88.8 Å². The Kier molecular flexibility index (Phi) is 6.23. The molecule has 1 heterocycles. The first-order valence-electron chi connectivity index (χ1n) is 10.9. The van der Waals surface area contributed by atoms with Crippen LogP contribution in [-0.4, -0.2) is 8.07 Å². The van der Waals surface area contributed by atoms with Gasteiger partial charge in [-0.3, -0.25) is 0 Å². The van der Waals surface area contributed by atoms with Crippen LogP contribution in [0.3, 0.4) is 0 Å². The zero-order valence-corrected chi connectivity index (χ0v) is 20.1. The number of hydrogen-bond donors (Lipinski definition) is 0. The molecule has 1 unspecified atom stereocenters. The second-order valence-corrected chi connectivity index (χ2v) is 15.2. The molecular formula is C27H36OSi. The molecule has 0 amide bonds. The van der Waals surface area contributed by atoms with Crippen LogP contribution in [0.4, 0.5) is 0 Å². The molecule has 0 saturated heterocycles. The highest BCUT2D eigenvalue weighted by Crippen LogP contribution is 2.48. The Morgan fingerprint density at radius 2 is 1.48 bits per heavy atom. The van der Waals surface area contributed by atoms with Gasteiger partial charge in [0.1, 0.15) is 11.5 Å². The largest absolute Gasteiger partial charge is 0.457 e. The van der Waals surface area contributed by atoms with Crippen LogP contribution in [0.5, 0.6) is 5.75 Å². The maximum Gasteiger partial charge on any atom is 0.131 e. The summed E-state index contributed by atoms with van der Waals surface area (Å²) in [6.45, 7) is 21.1. The topological polar surface area (TPSA) is 9.23 Å². The van der Waals surface area contributed by atoms with Crippen molar-refractivity contribution in [3.8, 4) is 5.75 Å². The Hall–Kier alpha value is -2.06. The van der Waals surface area contributed by atoms with E-state index in [1.54, 1.807) is 0 Å². The Balaban J connectivity index is 2.21. The van der Waals surface area contributed by atoms with E-state index in [0.717, 1.165) is 17.1 Å². The maximum absolute atomic E-state index is 6.55. The molecule has 0 bridgehead atoms. The van der Waals surface area contributed by atoms with Gasteiger partial charge >= 0.3 is 0 Å². The standard InChI is InChI=1S/C27H36OSi/c1-18(2)29(19(3)4,20(5)6)17-26-22(8)27(23-12-10-9-11-13-23)24-16-21(7)14-15-25(24)28-26/h9-20,27H,8H2,1-7H3/b26-17-. The number of benzene rings is 2. The van der Waals surface area contributed by atoms with E-state index in [-0.39, 0.29) is 5.92 Å². The van der Waals surface area contributed by atoms with Crippen LogP contribution in [-0.2, 0) is 0 Å². The predicted octanol–water partition coefficient (Wildman–Crippen LogP) is 8.18. The highest BCUT2D eigenvalue weighted by Gasteiger charge is 2.43. The highest BCUT2D eigenvalue weighted by molar-refractivity contribution is 6.88. The van der Waals surface area contributed by atoms with E-state index in [0.29, 0.717) is 16.6 Å². The molecule has 1 atom stereocenters. The fourth-order valence-corrected chi connectivity index (χ4v) is 11.1. The van der Waals surface area contributed by atoms with Gasteiger partial charge in [0.15, 0.2) is 0 Å². The average molecular weight is 405 g/mol. The SMILES string of the molecule is C=C1/C(=C/[Si](C(C)C)(C(C)C)C(C)C)Oc2ccc(C)cc2C1c1ccccc1. The molecule has 0 aromatic heterocycles. The van der Waals surface area contributed by atoms with Gasteiger partial charge in [-0.15, -0.1) is 0 Å². The summed E-state index contributed by atoms with van der Waals surface area (Å²) < 4.78 is 6.55. The number of ether oxygens (including phenoxy) is 1. The minimum Gasteiger partial charge on any atom is -0.457 e. The first-order valence-corrected chi connectivity index (χ1v) is 13.2. The summed E-state index contributed by atoms with van der Waals surface area (Å²) in [5.74, 6) is 2.12. The molecule has 3 rings (SSSR count). The number of allylic oxidation sites excluding steroid dienone is 1. The second-order valence-electron chi connectivity index (χ2n) is 9.48. The molecular weight excluding hydrogens is 368 g/mol. The normalized spacial score (nSPS) is 18.5. The van der Waals surface area contributed by atoms with Crippen molar-refractivity contribution in [2.75, 3.05) is 0 Å². The van der Waals surface area contributed by atoms with Crippen molar-refractivity contribution < 1.29 is 4.74 Å². The highest BCUT2D eigenvalue weighted by atomic mass is 28.3. The van der Waals surface area contributed by atoms with Gasteiger partial charge in [-0.2, -0.15) is 0 Å². The van der Waals surface area contributed by atoms with Gasteiger partial charge in [-0.25, -0.2) is 0 Å². The first kappa shape index (κ1) is 21.6. The van der Waals surface area contributed by atoms with Crippen molar-refractivity contribution in [1.82, 2.24) is 0 Å². The van der Waals surface area contributed by atoms with Crippen molar-refractivity contribution >= 4 is 8.07 Å². The summed E-state index contributed by atoms with van der Waals surface area (Å²) in [6, 6.07) is 17.3. The van der Waals surface area contributed by atoms with E-state index in [1.165, 1.54) is 16.7 Å². The monoisotopic (exact) mass is 404 g/mol. The number of rotatable bonds is 5. The molecule has 0 radical (unpaired) electrons. The third-order valence-electron chi connectivity index (χ3n) is 6.88. The third-order valence-corrected chi connectivity index (χ3v) is 13.6. The zero-order chi connectivity index (χ0) is 21.3. The smallest absolute Gasteiger partial charge is 0.131 e. The summed E-state index contributed by atoms with van der Waals surface area (Å²) in [6.07, 6.45) is 0. The maximum atomic E-state index is 6.55. The lowest BCUT2D eigenvalue weighted by atomic mass is 9.82. The predicted molar refractivity (Wildman–Crippen MR) is 128 cm³/mol. The molecule has 0 spiro atoms. The van der Waals surface area contributed by atoms with Crippen LogP contribution in [0.2, 0.25) is 16.6 Å². The van der Waals surface area contributed by atoms with Gasteiger partial charge in [-0.05, 0) is 40.8 Å². The molecule has 2 aromatic rings. The molecule has 1 aliphatic rings. The van der Waals surface area contributed by atoms with E-state index >= 15 is 0 Å². The summed E-state index contributed by atoms with van der Waals surface area (Å²) >= 11 is 0. The number of fused-ring (bicyclic) bond motifs is 1. The van der Waals surface area contributed by atoms with E-state index in [2.05, 4.69) is 109 Å². The molecule has 0 aliphatic carbocycles. The molecule has 2 aromatic carbocycles. The first-order chi connectivity index (χ1) is 13.7. The van der Waals surface area contributed by atoms with Crippen molar-refractivity contribution in [1.29, 1.82) is 0 Å². The Bertz CT molecular complexity index is 884. The van der Waals surface area contributed by atoms with Crippen LogP contribution in [0.25, 0.3) is 0 Å². The summed E-state index contributed by atoms with van der Waals surface area (Å²) in [4.78, 5) is 0. The van der Waals surface area contributed by atoms with Gasteiger partial charge in [0, 0.05) is 11.5 Å². The van der Waals surface area contributed by atoms with E-state index in [4.69, 9.17) is 4.74 Å². The molecule has 0 saturated carbocycles. The number of aryl methyl sites for hydroxylation is 1. The Labute approximate surface area is 178 Å². The van der Waals surface area contributed by atoms with Gasteiger partial charge in [-0.1, -0.05) is 102 Å². The Morgan fingerprint density at radius 3 is 2.03 bits per heavy atom. The molecule has 0 fully saturated rings. The summed E-state index contributed by atoms with van der Waals surface area (Å²) in [7, 11) is -1.77. The van der Waals surface area contributed by atoms with Crippen LogP contribution < -0.4 is 4.74 Å². The molecule has 1 nitrogen and oxygen atoms in total. The van der Waals surface area contributed by atoms with Crippen molar-refractivity contribution in [2.45, 2.75) is 71.0 Å². The third kappa shape index (κ3) is 3.87. The Morgan fingerprint density at radius 1 is 0.897 bits per heavy atom. The van der Waals surface area contributed by atoms with Crippen LogP contribution in [0.1, 0.15) is 64.2 Å². The molecule has 1 aliphatic heterocycles. The molecule has 0 N–H and O–H groups in total. The van der Waals surface area contributed by atoms with E-state index in [1.807, 2.05) is 0 Å².